The van der Waals surface area contributed by atoms with E-state index in [9.17, 15) is 14.4 Å². The minimum absolute atomic E-state index is 0.0131. The Morgan fingerprint density at radius 1 is 1.38 bits per heavy atom. The van der Waals surface area contributed by atoms with Gasteiger partial charge in [0.25, 0.3) is 5.56 Å². The minimum Gasteiger partial charge on any atom is -0.376 e. The predicted molar refractivity (Wildman–Crippen MR) is 94.6 cm³/mol. The third-order valence-electron chi connectivity index (χ3n) is 4.52. The lowest BCUT2D eigenvalue weighted by Gasteiger charge is -2.25. The fraction of sp³-hybridized carbons (Fsp3) is 0.444. The van der Waals surface area contributed by atoms with E-state index in [4.69, 9.17) is 4.74 Å². The quantitative estimate of drug-likeness (QED) is 0.797. The molecular weight excluding hydrogens is 336 g/mol. The summed E-state index contributed by atoms with van der Waals surface area (Å²) in [6, 6.07) is 3.71. The molecule has 1 N–H and O–H groups in total. The van der Waals surface area contributed by atoms with Gasteiger partial charge in [0, 0.05) is 50.9 Å². The number of ether oxygens (including phenoxy) is 1. The minimum atomic E-state index is -0.501. The zero-order chi connectivity index (χ0) is 18.5. The Morgan fingerprint density at radius 2 is 2.15 bits per heavy atom. The Balaban J connectivity index is 1.78. The van der Waals surface area contributed by atoms with Gasteiger partial charge >= 0.3 is 5.69 Å². The van der Waals surface area contributed by atoms with Gasteiger partial charge in [-0.3, -0.25) is 19.1 Å². The summed E-state index contributed by atoms with van der Waals surface area (Å²) < 4.78 is 6.63. The van der Waals surface area contributed by atoms with E-state index in [1.165, 1.54) is 13.2 Å². The topological polar surface area (TPSA) is 97.3 Å². The number of H-pyrrole nitrogens is 1. The third kappa shape index (κ3) is 4.26. The number of amides is 1. The lowest BCUT2D eigenvalue weighted by atomic mass is 10.1. The molecule has 2 aromatic heterocycles. The van der Waals surface area contributed by atoms with Crippen LogP contribution in [0.15, 0.2) is 40.3 Å². The molecule has 1 aliphatic rings. The largest absolute Gasteiger partial charge is 0.376 e. The van der Waals surface area contributed by atoms with Crippen molar-refractivity contribution in [2.75, 3.05) is 13.2 Å². The van der Waals surface area contributed by atoms with Crippen LogP contribution >= 0.6 is 0 Å². The molecule has 138 valence electrons. The first kappa shape index (κ1) is 18.1. The summed E-state index contributed by atoms with van der Waals surface area (Å²) in [6.45, 7) is 1.61. The summed E-state index contributed by atoms with van der Waals surface area (Å²) in [5.41, 5.74) is 0.271. The highest BCUT2D eigenvalue weighted by Gasteiger charge is 2.23. The zero-order valence-electron chi connectivity index (χ0n) is 14.7. The van der Waals surface area contributed by atoms with Crippen LogP contribution in [-0.4, -0.2) is 44.6 Å². The summed E-state index contributed by atoms with van der Waals surface area (Å²) in [5.74, 6) is -0.179. The molecular formula is C18H22N4O4. The van der Waals surface area contributed by atoms with Crippen LogP contribution in [0, 0.1) is 0 Å². The van der Waals surface area contributed by atoms with Gasteiger partial charge in [0.2, 0.25) is 5.91 Å². The van der Waals surface area contributed by atoms with Gasteiger partial charge in [0.15, 0.2) is 0 Å². The van der Waals surface area contributed by atoms with Crippen molar-refractivity contribution < 1.29 is 9.53 Å². The van der Waals surface area contributed by atoms with Gasteiger partial charge in [-0.2, -0.15) is 0 Å². The molecule has 0 radical (unpaired) electrons. The number of aromatic amines is 1. The van der Waals surface area contributed by atoms with Gasteiger partial charge < -0.3 is 14.6 Å². The summed E-state index contributed by atoms with van der Waals surface area (Å²) in [5, 5.41) is 0. The fourth-order valence-electron chi connectivity index (χ4n) is 3.01. The van der Waals surface area contributed by atoms with E-state index >= 15 is 0 Å². The van der Waals surface area contributed by atoms with Crippen molar-refractivity contribution in [3.8, 4) is 0 Å². The van der Waals surface area contributed by atoms with Gasteiger partial charge in [-0.25, -0.2) is 4.79 Å². The normalized spacial score (nSPS) is 16.6. The SMILES string of the molecule is Cn1c(=O)[nH]cc(CC(=O)N(Cc2ccncc2)CC2CCCO2)c1=O. The molecule has 8 nitrogen and oxygen atoms in total. The van der Waals surface area contributed by atoms with Crippen molar-refractivity contribution in [1.29, 1.82) is 0 Å². The summed E-state index contributed by atoms with van der Waals surface area (Å²) in [4.78, 5) is 44.7. The molecule has 2 aromatic rings. The number of hydrogen-bond donors (Lipinski definition) is 1. The molecule has 8 heteroatoms. The summed E-state index contributed by atoms with van der Waals surface area (Å²) in [7, 11) is 1.39. The second-order valence-corrected chi connectivity index (χ2v) is 6.42. The van der Waals surface area contributed by atoms with Crippen LogP contribution in [0.3, 0.4) is 0 Å². The molecule has 26 heavy (non-hydrogen) atoms. The van der Waals surface area contributed by atoms with Crippen LogP contribution in [0.2, 0.25) is 0 Å². The van der Waals surface area contributed by atoms with Crippen LogP contribution in [0.25, 0.3) is 0 Å². The van der Waals surface area contributed by atoms with E-state index in [2.05, 4.69) is 9.97 Å². The Bertz CT molecular complexity index is 869. The average Bonchev–Trinajstić information content (AvgIpc) is 3.15. The number of nitrogens with one attached hydrogen (secondary N) is 1. The highest BCUT2D eigenvalue weighted by Crippen LogP contribution is 2.15. The summed E-state index contributed by atoms with van der Waals surface area (Å²) in [6.07, 6.45) is 6.53. The first-order valence-corrected chi connectivity index (χ1v) is 8.60. The van der Waals surface area contributed by atoms with E-state index in [0.717, 1.165) is 23.0 Å². The van der Waals surface area contributed by atoms with E-state index < -0.39 is 11.2 Å². The van der Waals surface area contributed by atoms with Gasteiger partial charge in [0.1, 0.15) is 0 Å². The molecule has 1 unspecified atom stereocenters. The molecule has 0 saturated carbocycles. The number of hydrogen-bond acceptors (Lipinski definition) is 5. The molecule has 3 rings (SSSR count). The number of aromatic nitrogens is 3. The van der Waals surface area contributed by atoms with E-state index in [0.29, 0.717) is 19.7 Å². The van der Waals surface area contributed by atoms with Gasteiger partial charge in [0.05, 0.1) is 12.5 Å². The van der Waals surface area contributed by atoms with Crippen LogP contribution in [0.4, 0.5) is 0 Å². The van der Waals surface area contributed by atoms with Crippen molar-refractivity contribution in [2.24, 2.45) is 7.05 Å². The maximum Gasteiger partial charge on any atom is 0.328 e. The Morgan fingerprint density at radius 3 is 2.85 bits per heavy atom. The molecule has 1 aliphatic heterocycles. The predicted octanol–water partition coefficient (Wildman–Crippen LogP) is 0.219. The Hall–Kier alpha value is -2.74. The smallest absolute Gasteiger partial charge is 0.328 e. The van der Waals surface area contributed by atoms with Crippen molar-refractivity contribution in [1.82, 2.24) is 19.4 Å². The van der Waals surface area contributed by atoms with E-state index in [-0.39, 0.29) is 24.0 Å². The van der Waals surface area contributed by atoms with Crippen molar-refractivity contribution in [2.45, 2.75) is 31.9 Å². The number of carbonyl (C=O) groups is 1. The Labute approximate surface area is 150 Å². The molecule has 1 saturated heterocycles. The average molecular weight is 358 g/mol. The Kier molecular flexibility index (Phi) is 5.62. The van der Waals surface area contributed by atoms with Crippen molar-refractivity contribution in [3.63, 3.8) is 0 Å². The van der Waals surface area contributed by atoms with Crippen molar-refractivity contribution >= 4 is 5.91 Å². The molecule has 3 heterocycles. The maximum atomic E-state index is 12.9. The molecule has 0 bridgehead atoms. The second-order valence-electron chi connectivity index (χ2n) is 6.42. The first-order chi connectivity index (χ1) is 12.5. The highest BCUT2D eigenvalue weighted by atomic mass is 16.5. The van der Waals surface area contributed by atoms with E-state index in [1.807, 2.05) is 12.1 Å². The van der Waals surface area contributed by atoms with Gasteiger partial charge in [-0.05, 0) is 30.5 Å². The van der Waals surface area contributed by atoms with Gasteiger partial charge in [-0.15, -0.1) is 0 Å². The lowest BCUT2D eigenvalue weighted by Crippen LogP contribution is -2.40. The third-order valence-corrected chi connectivity index (χ3v) is 4.52. The van der Waals surface area contributed by atoms with Crippen LogP contribution < -0.4 is 11.2 Å². The number of nitrogens with zero attached hydrogens (tertiary/aromatic N) is 3. The maximum absolute atomic E-state index is 12.9. The van der Waals surface area contributed by atoms with Crippen molar-refractivity contribution in [3.05, 3.63) is 62.7 Å². The zero-order valence-corrected chi connectivity index (χ0v) is 14.7. The number of pyridine rings is 1. The standard InChI is InChI=1S/C18H22N4O4/c1-21-17(24)14(10-20-18(21)25)9-16(23)22(12-15-3-2-8-26-15)11-13-4-6-19-7-5-13/h4-7,10,15H,2-3,8-9,11-12H2,1H3,(H,20,25). The fourth-order valence-corrected chi connectivity index (χ4v) is 3.01. The van der Waals surface area contributed by atoms with E-state index in [1.54, 1.807) is 17.3 Å². The van der Waals surface area contributed by atoms with Crippen LogP contribution in [0.1, 0.15) is 24.0 Å². The summed E-state index contributed by atoms with van der Waals surface area (Å²) >= 11 is 0. The molecule has 1 atom stereocenters. The first-order valence-electron chi connectivity index (χ1n) is 8.60. The van der Waals surface area contributed by atoms with Crippen LogP contribution in [0.5, 0.6) is 0 Å². The highest BCUT2D eigenvalue weighted by molar-refractivity contribution is 5.78. The second kappa shape index (κ2) is 8.09. The monoisotopic (exact) mass is 358 g/mol. The van der Waals surface area contributed by atoms with Gasteiger partial charge in [-0.1, -0.05) is 0 Å². The molecule has 1 fully saturated rings. The molecule has 0 aliphatic carbocycles. The number of carbonyl (C=O) groups excluding carboxylic acids is 1. The molecule has 1 amide bonds. The lowest BCUT2D eigenvalue weighted by molar-refractivity contribution is -0.132. The number of rotatable bonds is 6. The molecule has 0 aromatic carbocycles. The molecule has 0 spiro atoms. The van der Waals surface area contributed by atoms with Crippen LogP contribution in [-0.2, 0) is 29.5 Å².